The molecule has 0 unspecified atom stereocenters. The highest BCUT2D eigenvalue weighted by atomic mass is 16.5. The van der Waals surface area contributed by atoms with Crippen molar-refractivity contribution in [1.82, 2.24) is 59.5 Å². The first-order chi connectivity index (χ1) is 71.2. The molecule has 28 heteroatoms. The number of anilines is 8. The summed E-state index contributed by atoms with van der Waals surface area (Å²) in [6, 6.07) is 71.0. The van der Waals surface area contributed by atoms with Gasteiger partial charge in [-0.2, -0.15) is 39.9 Å². The van der Waals surface area contributed by atoms with Crippen molar-refractivity contribution >= 4 is 58.1 Å². The number of methoxy groups -OCH3 is 2. The second kappa shape index (κ2) is 50.0. The normalized spacial score (nSPS) is 15.8. The topological polar surface area (TPSA) is 323 Å². The molecule has 146 heavy (non-hydrogen) atoms. The van der Waals surface area contributed by atoms with Crippen LogP contribution < -0.4 is 61.5 Å². The second-order valence-corrected chi connectivity index (χ2v) is 39.2. The Morgan fingerprint density at radius 2 is 0.493 bits per heavy atom. The first kappa shape index (κ1) is 103. The minimum atomic E-state index is -0.0958. The fraction of sp³-hybridized carbons (Fsp3) is 0.373. The van der Waals surface area contributed by atoms with Gasteiger partial charge in [0.05, 0.1) is 37.8 Å². The molecule has 28 nitrogen and oxygen atoms in total. The molecule has 0 amide bonds. The van der Waals surface area contributed by atoms with Gasteiger partial charge in [-0.3, -0.25) is 29.2 Å². The Hall–Kier alpha value is -14.3. The molecule has 12 heterocycles. The van der Waals surface area contributed by atoms with Crippen LogP contribution in [-0.2, 0) is 97.1 Å². The van der Waals surface area contributed by atoms with Crippen molar-refractivity contribution < 1.29 is 38.0 Å². The zero-order valence-electron chi connectivity index (χ0n) is 85.3. The summed E-state index contributed by atoms with van der Waals surface area (Å²) in [5.74, 6) is 4.12. The van der Waals surface area contributed by atoms with Gasteiger partial charge in [0.2, 0.25) is 0 Å². The summed E-state index contributed by atoms with van der Waals surface area (Å²) in [6.45, 7) is 41.1. The van der Waals surface area contributed by atoms with E-state index in [-0.39, 0.29) is 54.1 Å². The fourth-order valence-corrected chi connectivity index (χ4v) is 19.8. The maximum atomic E-state index is 12.7. The lowest BCUT2D eigenvalue weighted by molar-refractivity contribution is -0.116. The van der Waals surface area contributed by atoms with E-state index in [1.165, 1.54) is 170 Å². The van der Waals surface area contributed by atoms with Crippen LogP contribution in [0, 0.1) is 0 Å². The van der Waals surface area contributed by atoms with Gasteiger partial charge in [-0.15, -0.1) is 0 Å². The number of ether oxygens (including phenoxy) is 6. The van der Waals surface area contributed by atoms with Gasteiger partial charge in [-0.25, -0.2) is 0 Å². The lowest BCUT2D eigenvalue weighted by Crippen LogP contribution is -2.34. The van der Waals surface area contributed by atoms with Crippen molar-refractivity contribution in [1.29, 1.82) is 0 Å². The summed E-state index contributed by atoms with van der Waals surface area (Å²) in [6.07, 6.45) is 16.1. The van der Waals surface area contributed by atoms with Crippen molar-refractivity contribution in [3.8, 4) is 68.5 Å². The Bertz CT molecular complexity index is 6080. The second-order valence-electron chi connectivity index (χ2n) is 39.2. The molecule has 0 radical (unpaired) electrons. The predicted molar refractivity (Wildman–Crippen MR) is 583 cm³/mol. The van der Waals surface area contributed by atoms with E-state index < -0.39 is 0 Å². The molecule has 4 fully saturated rings. The number of fused-ring (bicyclic) bond motifs is 4. The molecular formula is C118H140N20O8. The van der Waals surface area contributed by atoms with Gasteiger partial charge < -0.3 is 71.0 Å². The number of Topliss-reactive ketones (excluding diaryl/α,β-unsaturated/α-hetero) is 2. The minimum Gasteiger partial charge on any atom is -0.463 e. The van der Waals surface area contributed by atoms with Crippen LogP contribution in [0.1, 0.15) is 158 Å². The van der Waals surface area contributed by atoms with Gasteiger partial charge in [0, 0.05) is 128 Å². The number of aromatic nitrogens is 8. The van der Waals surface area contributed by atoms with Crippen LogP contribution in [0.3, 0.4) is 0 Å². The molecule has 8 N–H and O–H groups in total. The van der Waals surface area contributed by atoms with Crippen LogP contribution in [0.15, 0.2) is 243 Å². The number of ketones is 2. The monoisotopic (exact) mass is 1970 g/mol. The third-order valence-corrected chi connectivity index (χ3v) is 28.1. The van der Waals surface area contributed by atoms with Crippen molar-refractivity contribution in [2.24, 2.45) is 0 Å². The summed E-state index contributed by atoms with van der Waals surface area (Å²) < 4.78 is 32.8. The van der Waals surface area contributed by atoms with E-state index >= 15 is 0 Å². The molecule has 0 saturated carbocycles. The Kier molecular flexibility index (Phi) is 35.3. The van der Waals surface area contributed by atoms with E-state index in [0.717, 1.165) is 128 Å². The molecule has 8 aliphatic rings. The molecule has 4 aromatic heterocycles. The fourth-order valence-electron chi connectivity index (χ4n) is 19.8. The number of benzene rings is 8. The molecular weight excluding hydrogens is 1830 g/mol. The van der Waals surface area contributed by atoms with Gasteiger partial charge in [-0.05, 0) is 206 Å². The molecule has 0 spiro atoms. The van der Waals surface area contributed by atoms with E-state index in [1.54, 1.807) is 19.1 Å². The number of hydrogen-bond acceptors (Lipinski definition) is 28. The van der Waals surface area contributed by atoms with Gasteiger partial charge >= 0.3 is 24.0 Å². The van der Waals surface area contributed by atoms with Crippen molar-refractivity contribution in [3.05, 3.63) is 310 Å². The number of allylic oxidation sites excluding steroid dienone is 2. The van der Waals surface area contributed by atoms with E-state index in [1.807, 2.05) is 4.90 Å². The minimum absolute atomic E-state index is 0.0758. The van der Waals surface area contributed by atoms with Gasteiger partial charge in [0.1, 0.15) is 59.8 Å². The molecule has 0 atom stereocenters. The Morgan fingerprint density at radius 3 is 0.733 bits per heavy atom. The number of nitrogens with zero attached hydrogens (tertiary/aromatic N) is 16. The number of likely N-dealkylation sites (tertiary alicyclic amines) is 4. The summed E-state index contributed by atoms with van der Waals surface area (Å²) in [4.78, 5) is 79.3. The van der Waals surface area contributed by atoms with E-state index in [0.29, 0.717) is 124 Å². The number of unbranched alkanes of at least 4 members (excludes halogenated alkanes) is 2. The molecule has 0 bridgehead atoms. The average molecular weight is 1970 g/mol. The summed E-state index contributed by atoms with van der Waals surface area (Å²) in [5, 5.41) is 0. The Morgan fingerprint density at radius 1 is 0.274 bits per heavy atom. The average Bonchev–Trinajstić information content (AvgIpc) is 1.39. The molecule has 760 valence electrons. The predicted octanol–water partition coefficient (Wildman–Crippen LogP) is 19.2. The summed E-state index contributed by atoms with van der Waals surface area (Å²) >= 11 is 0. The van der Waals surface area contributed by atoms with Crippen LogP contribution in [0.25, 0.3) is 44.5 Å². The zero-order chi connectivity index (χ0) is 101. The highest BCUT2D eigenvalue weighted by Gasteiger charge is 2.35. The molecule has 8 aromatic carbocycles. The van der Waals surface area contributed by atoms with E-state index in [9.17, 15) is 9.59 Å². The first-order valence-corrected chi connectivity index (χ1v) is 51.8. The first-order valence-electron chi connectivity index (χ1n) is 51.8. The summed E-state index contributed by atoms with van der Waals surface area (Å²) in [5.41, 5.74) is 50.6. The highest BCUT2D eigenvalue weighted by Crippen LogP contribution is 2.41. The largest absolute Gasteiger partial charge is 0.463 e. The zero-order valence-corrected chi connectivity index (χ0v) is 85.3. The molecule has 12 aromatic rings. The number of carbonyl (C=O) groups excluding carboxylic acids is 2. The van der Waals surface area contributed by atoms with E-state index in [4.69, 9.17) is 56.3 Å². The van der Waals surface area contributed by atoms with Gasteiger partial charge in [0.15, 0.2) is 11.6 Å². The lowest BCUT2D eigenvalue weighted by Gasteiger charge is -2.32. The number of carbonyl (C=O) groups is 2. The maximum absolute atomic E-state index is 12.7. The SMILES string of the molecule is C=C1C(=O)Cc2c(N)nc(OCCCC)nc2N1Cc1ccc(-c2ccc(CN3CCCC3)cc2)cc1.C=C1C(=O)Cc2c(N)nc(OCCOC)nc2N1Cc1ccc(-c2ccc(CN3CCCC3)cc2)cc1.C=C1Cc2c(N)nc(OCCCC)nc2N(Cc2ccc(-c3ccc(CN4CCCC4)cc3)cc2)C1.C=C1Cc2c(N)nc(OCCOC)nc2N(Cc2ccc(-c3ccc(CN4CCCC4)cc3)cc2)C1. The molecule has 20 rings (SSSR count). The molecule has 4 saturated heterocycles. The quantitative estimate of drug-likeness (QED) is 0.0161. The molecule has 8 aliphatic heterocycles. The van der Waals surface area contributed by atoms with Crippen molar-refractivity contribution in [2.75, 3.05) is 162 Å². The van der Waals surface area contributed by atoms with Crippen molar-refractivity contribution in [2.45, 2.75) is 169 Å². The number of rotatable bonds is 36. The highest BCUT2D eigenvalue weighted by molar-refractivity contribution is 6.04. The van der Waals surface area contributed by atoms with Crippen LogP contribution >= 0.6 is 0 Å². The van der Waals surface area contributed by atoms with Crippen molar-refractivity contribution in [3.63, 3.8) is 0 Å². The summed E-state index contributed by atoms with van der Waals surface area (Å²) in [7, 11) is 3.23. The van der Waals surface area contributed by atoms with Crippen LogP contribution in [0.5, 0.6) is 24.0 Å². The van der Waals surface area contributed by atoms with Crippen LogP contribution in [0.2, 0.25) is 0 Å². The third kappa shape index (κ3) is 27.1. The van der Waals surface area contributed by atoms with Crippen LogP contribution in [0.4, 0.5) is 46.5 Å². The number of hydrogen-bond donors (Lipinski definition) is 4. The van der Waals surface area contributed by atoms with Crippen LogP contribution in [-0.4, -0.2) is 190 Å². The molecule has 0 aliphatic carbocycles. The maximum Gasteiger partial charge on any atom is 0.320 e. The Balaban J connectivity index is 0.000000133. The number of nitrogens with two attached hydrogens (primary N) is 4. The smallest absolute Gasteiger partial charge is 0.320 e. The standard InChI is InChI=1S/C30H35N5O2.C30H37N5O.C29H33N5O3.C29H35N5O2/c1-3-4-17-37-30-32-28(31)26-18-27(36)21(2)35(29(26)33-30)20-23-9-13-25(14-10-23)24-11-7-22(8-12-24)19-34-15-5-6-16-34;1-3-4-17-36-30-32-28(31)27-18-22(2)19-35(29(27)33-30)21-24-9-13-26(14-10-24)25-11-7-23(8-12-25)20-34-15-5-6-16-34;1-20-26(35)17-25-27(30)31-29(37-16-15-36-2)32-28(25)34(20)19-22-7-11-24(12-8-22)23-9-5-21(6-10-23)18-33-13-3-4-14-33;1-21-17-26-27(30)31-29(36-16-15-35-2)32-28(26)34(18-21)20-23-7-11-25(12-8-23)24-9-5-22(6-10-24)19-33-13-3-4-14-33/h7-14H,2-6,15-20H2,1H3,(H2,31,32,33);7-14H,2-6,15-21H2,1H3,(H2,31,32,33);5-12H,1,3-4,13-19H2,2H3,(H2,30,31,32);5-12H,1,3-4,13-20H2,2H3,(H2,30,31,32). The lowest BCUT2D eigenvalue weighted by atomic mass is 10.00. The third-order valence-electron chi connectivity index (χ3n) is 28.1. The van der Waals surface area contributed by atoms with E-state index in [2.05, 4.69) is 299 Å². The van der Waals surface area contributed by atoms with Gasteiger partial charge in [0.25, 0.3) is 0 Å². The van der Waals surface area contributed by atoms with Gasteiger partial charge in [-0.1, -0.05) is 258 Å². The Labute approximate surface area is 859 Å². The number of nitrogen functional groups attached to an aromatic ring is 4.